The standard InChI is InChI=1S/C13H16O/c1-9(2)12-7-14-8-13-10(3)5-4-6-11(12)13/h4-7,9H,8H2,1-3H3. The highest BCUT2D eigenvalue weighted by Crippen LogP contribution is 2.31. The molecule has 1 aliphatic heterocycles. The van der Waals surface area contributed by atoms with Crippen LogP contribution in [-0.4, -0.2) is 0 Å². The lowest BCUT2D eigenvalue weighted by atomic mass is 9.90. The third-order valence-corrected chi connectivity index (χ3v) is 2.78. The van der Waals surface area contributed by atoms with Crippen molar-refractivity contribution < 1.29 is 4.74 Å². The van der Waals surface area contributed by atoms with Crippen molar-refractivity contribution in [2.75, 3.05) is 0 Å². The van der Waals surface area contributed by atoms with Gasteiger partial charge in [-0.15, -0.1) is 0 Å². The lowest BCUT2D eigenvalue weighted by Gasteiger charge is -2.22. The molecule has 74 valence electrons. The summed E-state index contributed by atoms with van der Waals surface area (Å²) in [4.78, 5) is 0. The maximum absolute atomic E-state index is 5.49. The van der Waals surface area contributed by atoms with Crippen LogP contribution in [0.25, 0.3) is 5.57 Å². The van der Waals surface area contributed by atoms with Crippen molar-refractivity contribution in [3.05, 3.63) is 41.2 Å². The molecule has 2 rings (SSSR count). The summed E-state index contributed by atoms with van der Waals surface area (Å²) in [6.45, 7) is 7.27. The summed E-state index contributed by atoms with van der Waals surface area (Å²) in [6, 6.07) is 6.46. The topological polar surface area (TPSA) is 9.23 Å². The van der Waals surface area contributed by atoms with E-state index in [1.54, 1.807) is 0 Å². The minimum atomic E-state index is 0.524. The molecule has 0 atom stereocenters. The molecular weight excluding hydrogens is 172 g/mol. The Morgan fingerprint density at radius 2 is 2.07 bits per heavy atom. The number of hydrogen-bond donors (Lipinski definition) is 0. The van der Waals surface area contributed by atoms with Gasteiger partial charge in [-0.25, -0.2) is 0 Å². The lowest BCUT2D eigenvalue weighted by molar-refractivity contribution is 0.230. The van der Waals surface area contributed by atoms with Gasteiger partial charge in [-0.1, -0.05) is 32.0 Å². The highest BCUT2D eigenvalue weighted by Gasteiger charge is 2.16. The third-order valence-electron chi connectivity index (χ3n) is 2.78. The smallest absolute Gasteiger partial charge is 0.113 e. The average Bonchev–Trinajstić information content (AvgIpc) is 2.17. The first-order valence-electron chi connectivity index (χ1n) is 5.10. The highest BCUT2D eigenvalue weighted by molar-refractivity contribution is 5.70. The molecule has 1 aromatic rings. The van der Waals surface area contributed by atoms with Crippen LogP contribution in [0.1, 0.15) is 30.5 Å². The van der Waals surface area contributed by atoms with E-state index in [-0.39, 0.29) is 0 Å². The van der Waals surface area contributed by atoms with Gasteiger partial charge in [0, 0.05) is 0 Å². The van der Waals surface area contributed by atoms with Gasteiger partial charge in [0.15, 0.2) is 0 Å². The molecule has 0 aromatic heterocycles. The molecule has 1 nitrogen and oxygen atoms in total. The molecule has 0 fully saturated rings. The van der Waals surface area contributed by atoms with Crippen molar-refractivity contribution >= 4 is 5.57 Å². The zero-order valence-electron chi connectivity index (χ0n) is 9.00. The maximum atomic E-state index is 5.49. The first-order valence-corrected chi connectivity index (χ1v) is 5.10. The fourth-order valence-corrected chi connectivity index (χ4v) is 1.89. The molecule has 1 heteroatoms. The summed E-state index contributed by atoms with van der Waals surface area (Å²) < 4.78 is 5.49. The number of allylic oxidation sites excluding steroid dienone is 1. The molecule has 1 heterocycles. The molecule has 0 unspecified atom stereocenters. The number of aryl methyl sites for hydroxylation is 1. The highest BCUT2D eigenvalue weighted by atomic mass is 16.5. The van der Waals surface area contributed by atoms with E-state index in [2.05, 4.69) is 39.0 Å². The third kappa shape index (κ3) is 1.43. The molecule has 0 radical (unpaired) electrons. The monoisotopic (exact) mass is 188 g/mol. The normalized spacial score (nSPS) is 14.7. The molecule has 0 saturated carbocycles. The molecule has 14 heavy (non-hydrogen) atoms. The molecule has 0 amide bonds. The minimum absolute atomic E-state index is 0.524. The molecule has 0 N–H and O–H groups in total. The SMILES string of the molecule is Cc1cccc2c1COC=C2C(C)C. The summed E-state index contributed by atoms with van der Waals surface area (Å²) in [5, 5.41) is 0. The fraction of sp³-hybridized carbons (Fsp3) is 0.385. The Morgan fingerprint density at radius 3 is 2.79 bits per heavy atom. The molecule has 1 aliphatic rings. The maximum Gasteiger partial charge on any atom is 0.113 e. The first-order chi connectivity index (χ1) is 6.70. The van der Waals surface area contributed by atoms with Crippen molar-refractivity contribution in [3.8, 4) is 0 Å². The molecule has 0 saturated heterocycles. The Bertz CT molecular complexity index is 375. The zero-order valence-corrected chi connectivity index (χ0v) is 9.00. The summed E-state index contributed by atoms with van der Waals surface area (Å²) in [5.74, 6) is 0.524. The summed E-state index contributed by atoms with van der Waals surface area (Å²) in [5.41, 5.74) is 5.36. The Kier molecular flexibility index (Phi) is 2.32. The first kappa shape index (κ1) is 9.32. The van der Waals surface area contributed by atoms with Crippen LogP contribution in [-0.2, 0) is 11.3 Å². The van der Waals surface area contributed by atoms with Crippen molar-refractivity contribution in [2.24, 2.45) is 5.92 Å². The van der Waals surface area contributed by atoms with Crippen molar-refractivity contribution in [2.45, 2.75) is 27.4 Å². The predicted molar refractivity (Wildman–Crippen MR) is 58.8 cm³/mol. The number of benzene rings is 1. The second kappa shape index (κ2) is 3.49. The predicted octanol–water partition coefficient (Wildman–Crippen LogP) is 3.52. The van der Waals surface area contributed by atoms with Gasteiger partial charge in [-0.2, -0.15) is 0 Å². The van der Waals surface area contributed by atoms with Gasteiger partial charge in [0.25, 0.3) is 0 Å². The Labute approximate surface area is 85.4 Å². The van der Waals surface area contributed by atoms with E-state index >= 15 is 0 Å². The van der Waals surface area contributed by atoms with E-state index in [0.717, 1.165) is 6.61 Å². The summed E-state index contributed by atoms with van der Waals surface area (Å²) >= 11 is 0. The van der Waals surface area contributed by atoms with Gasteiger partial charge in [-0.05, 0) is 35.1 Å². The number of fused-ring (bicyclic) bond motifs is 1. The lowest BCUT2D eigenvalue weighted by Crippen LogP contribution is -2.07. The Morgan fingerprint density at radius 1 is 1.29 bits per heavy atom. The van der Waals surface area contributed by atoms with E-state index in [4.69, 9.17) is 4.74 Å². The molecule has 1 aromatic carbocycles. The summed E-state index contributed by atoms with van der Waals surface area (Å²) in [7, 11) is 0. The van der Waals surface area contributed by atoms with E-state index in [1.807, 2.05) is 6.26 Å². The van der Waals surface area contributed by atoms with E-state index in [9.17, 15) is 0 Å². The van der Waals surface area contributed by atoms with Crippen LogP contribution in [0.3, 0.4) is 0 Å². The van der Waals surface area contributed by atoms with E-state index < -0.39 is 0 Å². The zero-order chi connectivity index (χ0) is 10.1. The van der Waals surface area contributed by atoms with Crippen molar-refractivity contribution in [1.82, 2.24) is 0 Å². The fourth-order valence-electron chi connectivity index (χ4n) is 1.89. The minimum Gasteiger partial charge on any atom is -0.496 e. The molecular formula is C13H16O. The number of hydrogen-bond acceptors (Lipinski definition) is 1. The van der Waals surface area contributed by atoms with Crippen LogP contribution in [0.15, 0.2) is 24.5 Å². The van der Waals surface area contributed by atoms with Gasteiger partial charge in [0.2, 0.25) is 0 Å². The quantitative estimate of drug-likeness (QED) is 0.655. The number of ether oxygens (including phenoxy) is 1. The second-order valence-electron chi connectivity index (χ2n) is 4.14. The van der Waals surface area contributed by atoms with E-state index in [1.165, 1.54) is 22.3 Å². The van der Waals surface area contributed by atoms with Gasteiger partial charge in [0.1, 0.15) is 6.61 Å². The second-order valence-corrected chi connectivity index (χ2v) is 4.14. The molecule has 0 aliphatic carbocycles. The Balaban J connectivity index is 2.54. The van der Waals surface area contributed by atoms with Crippen LogP contribution in [0.4, 0.5) is 0 Å². The van der Waals surface area contributed by atoms with Crippen LogP contribution < -0.4 is 0 Å². The van der Waals surface area contributed by atoms with Crippen LogP contribution in [0.2, 0.25) is 0 Å². The summed E-state index contributed by atoms with van der Waals surface area (Å²) in [6.07, 6.45) is 1.91. The van der Waals surface area contributed by atoms with Crippen LogP contribution in [0, 0.1) is 12.8 Å². The van der Waals surface area contributed by atoms with Crippen LogP contribution in [0.5, 0.6) is 0 Å². The van der Waals surface area contributed by atoms with Crippen molar-refractivity contribution in [3.63, 3.8) is 0 Å². The number of rotatable bonds is 1. The average molecular weight is 188 g/mol. The molecule has 0 bridgehead atoms. The van der Waals surface area contributed by atoms with Gasteiger partial charge in [-0.3, -0.25) is 0 Å². The largest absolute Gasteiger partial charge is 0.496 e. The van der Waals surface area contributed by atoms with E-state index in [0.29, 0.717) is 5.92 Å². The Hall–Kier alpha value is -1.24. The van der Waals surface area contributed by atoms with Crippen LogP contribution >= 0.6 is 0 Å². The van der Waals surface area contributed by atoms with Gasteiger partial charge >= 0.3 is 0 Å². The molecule has 0 spiro atoms. The van der Waals surface area contributed by atoms with Gasteiger partial charge in [0.05, 0.1) is 6.26 Å². The van der Waals surface area contributed by atoms with Gasteiger partial charge < -0.3 is 4.74 Å². The van der Waals surface area contributed by atoms with Crippen molar-refractivity contribution in [1.29, 1.82) is 0 Å².